The number of aromatic nitrogens is 2. The largest absolute Gasteiger partial charge is 0.329 e. The van der Waals surface area contributed by atoms with Crippen LogP contribution in [-0.2, 0) is 0 Å². The van der Waals surface area contributed by atoms with Crippen LogP contribution in [0.15, 0.2) is 18.7 Å². The van der Waals surface area contributed by atoms with Crippen molar-refractivity contribution in [1.29, 1.82) is 0 Å². The lowest BCUT2D eigenvalue weighted by Crippen LogP contribution is -2.36. The Morgan fingerprint density at radius 2 is 2.46 bits per heavy atom. The van der Waals surface area contributed by atoms with Crippen LogP contribution in [0.3, 0.4) is 0 Å². The van der Waals surface area contributed by atoms with Crippen molar-refractivity contribution >= 4 is 6.03 Å². The molecule has 1 atom stereocenters. The van der Waals surface area contributed by atoms with E-state index < -0.39 is 0 Å². The topological polar surface area (TPSA) is 38.1 Å². The van der Waals surface area contributed by atoms with Gasteiger partial charge in [-0.25, -0.2) is 9.78 Å². The number of carbonyl (C=O) groups excluding carboxylic acids is 1. The van der Waals surface area contributed by atoms with Crippen LogP contribution in [0.2, 0.25) is 0 Å². The first-order chi connectivity index (χ1) is 6.29. The summed E-state index contributed by atoms with van der Waals surface area (Å²) in [6.45, 7) is 2.96. The summed E-state index contributed by atoms with van der Waals surface area (Å²) in [6, 6.07) is 0.414. The highest BCUT2D eigenvalue weighted by molar-refractivity contribution is 5.77. The maximum atomic E-state index is 11.8. The van der Waals surface area contributed by atoms with Gasteiger partial charge in [0.2, 0.25) is 0 Å². The van der Waals surface area contributed by atoms with Crippen molar-refractivity contribution in [3.8, 4) is 0 Å². The van der Waals surface area contributed by atoms with Crippen molar-refractivity contribution in [2.24, 2.45) is 0 Å². The van der Waals surface area contributed by atoms with Crippen LogP contribution in [0.4, 0.5) is 4.79 Å². The summed E-state index contributed by atoms with van der Waals surface area (Å²) < 4.78 is 1.53. The molecule has 2 rings (SSSR count). The second kappa shape index (κ2) is 3.20. The van der Waals surface area contributed by atoms with E-state index in [1.165, 1.54) is 4.57 Å². The number of likely N-dealkylation sites (tertiary alicyclic amines) is 1. The van der Waals surface area contributed by atoms with Gasteiger partial charge in [0.25, 0.3) is 0 Å². The summed E-state index contributed by atoms with van der Waals surface area (Å²) in [6.07, 6.45) is 7.08. The van der Waals surface area contributed by atoms with E-state index in [1.54, 1.807) is 18.7 Å². The number of imidazole rings is 1. The number of amides is 1. The minimum atomic E-state index is 0.0440. The van der Waals surface area contributed by atoms with E-state index in [-0.39, 0.29) is 6.03 Å². The molecule has 1 aromatic heterocycles. The van der Waals surface area contributed by atoms with Crippen molar-refractivity contribution in [2.45, 2.75) is 25.8 Å². The fraction of sp³-hybridized carbons (Fsp3) is 0.556. The van der Waals surface area contributed by atoms with Gasteiger partial charge < -0.3 is 4.90 Å². The molecule has 0 N–H and O–H groups in total. The monoisotopic (exact) mass is 179 g/mol. The molecule has 0 bridgehead atoms. The zero-order chi connectivity index (χ0) is 9.26. The van der Waals surface area contributed by atoms with Gasteiger partial charge in [-0.2, -0.15) is 0 Å². The van der Waals surface area contributed by atoms with Gasteiger partial charge in [-0.05, 0) is 19.8 Å². The first-order valence-corrected chi connectivity index (χ1v) is 4.58. The normalized spacial score (nSPS) is 22.2. The van der Waals surface area contributed by atoms with Crippen molar-refractivity contribution < 1.29 is 4.79 Å². The zero-order valence-electron chi connectivity index (χ0n) is 7.68. The molecule has 0 spiro atoms. The zero-order valence-corrected chi connectivity index (χ0v) is 7.68. The first kappa shape index (κ1) is 8.29. The predicted octanol–water partition coefficient (Wildman–Crippen LogP) is 1.34. The molecular weight excluding hydrogens is 166 g/mol. The summed E-state index contributed by atoms with van der Waals surface area (Å²) in [4.78, 5) is 17.5. The molecule has 4 nitrogen and oxygen atoms in total. The van der Waals surface area contributed by atoms with Crippen LogP contribution in [-0.4, -0.2) is 33.1 Å². The molecule has 4 heteroatoms. The SMILES string of the molecule is CC1CCCN1C(=O)n1ccnc1. The third-order valence-electron chi connectivity index (χ3n) is 2.52. The lowest BCUT2D eigenvalue weighted by molar-refractivity contribution is 0.198. The maximum Gasteiger partial charge on any atom is 0.329 e. The highest BCUT2D eigenvalue weighted by Gasteiger charge is 2.25. The Balaban J connectivity index is 2.13. The molecule has 0 aliphatic carbocycles. The molecule has 0 radical (unpaired) electrons. The number of rotatable bonds is 0. The number of hydrogen-bond donors (Lipinski definition) is 0. The van der Waals surface area contributed by atoms with Gasteiger partial charge in [0.1, 0.15) is 6.33 Å². The summed E-state index contributed by atoms with van der Waals surface area (Å²) in [5.74, 6) is 0. The molecule has 70 valence electrons. The minimum Gasteiger partial charge on any atom is -0.321 e. The van der Waals surface area contributed by atoms with Gasteiger partial charge in [-0.15, -0.1) is 0 Å². The van der Waals surface area contributed by atoms with E-state index in [4.69, 9.17) is 0 Å². The first-order valence-electron chi connectivity index (χ1n) is 4.58. The van der Waals surface area contributed by atoms with Crippen molar-refractivity contribution in [3.63, 3.8) is 0 Å². The van der Waals surface area contributed by atoms with E-state index in [0.29, 0.717) is 6.04 Å². The Hall–Kier alpha value is -1.32. The van der Waals surface area contributed by atoms with Crippen molar-refractivity contribution in [1.82, 2.24) is 14.5 Å². The van der Waals surface area contributed by atoms with E-state index >= 15 is 0 Å². The summed E-state index contributed by atoms with van der Waals surface area (Å²) >= 11 is 0. The van der Waals surface area contributed by atoms with Crippen LogP contribution in [0.25, 0.3) is 0 Å². The average Bonchev–Trinajstić information content (AvgIpc) is 2.72. The molecule has 0 aromatic carbocycles. The van der Waals surface area contributed by atoms with Crippen LogP contribution >= 0.6 is 0 Å². The van der Waals surface area contributed by atoms with Crippen LogP contribution in [0.1, 0.15) is 19.8 Å². The number of hydrogen-bond acceptors (Lipinski definition) is 2. The maximum absolute atomic E-state index is 11.8. The number of carbonyl (C=O) groups is 1. The molecule has 1 amide bonds. The highest BCUT2D eigenvalue weighted by Crippen LogP contribution is 2.17. The van der Waals surface area contributed by atoms with E-state index in [0.717, 1.165) is 19.4 Å². The molecular formula is C9H13N3O. The van der Waals surface area contributed by atoms with Crippen LogP contribution < -0.4 is 0 Å². The molecule has 13 heavy (non-hydrogen) atoms. The van der Waals surface area contributed by atoms with Gasteiger partial charge in [-0.3, -0.25) is 4.57 Å². The fourth-order valence-corrected chi connectivity index (χ4v) is 1.74. The van der Waals surface area contributed by atoms with E-state index in [2.05, 4.69) is 11.9 Å². The van der Waals surface area contributed by atoms with Gasteiger partial charge in [0, 0.05) is 25.0 Å². The quantitative estimate of drug-likeness (QED) is 0.602. The summed E-state index contributed by atoms with van der Waals surface area (Å²) in [5, 5.41) is 0. The van der Waals surface area contributed by atoms with E-state index in [9.17, 15) is 4.79 Å². The summed E-state index contributed by atoms with van der Waals surface area (Å²) in [5.41, 5.74) is 0. The Labute approximate surface area is 77.2 Å². The molecule has 1 unspecified atom stereocenters. The Morgan fingerprint density at radius 3 is 3.00 bits per heavy atom. The predicted molar refractivity (Wildman–Crippen MR) is 48.4 cm³/mol. The lowest BCUT2D eigenvalue weighted by atomic mass is 10.2. The van der Waals surface area contributed by atoms with Crippen molar-refractivity contribution in [3.05, 3.63) is 18.7 Å². The summed E-state index contributed by atoms with van der Waals surface area (Å²) in [7, 11) is 0. The third kappa shape index (κ3) is 1.43. The highest BCUT2D eigenvalue weighted by atomic mass is 16.2. The van der Waals surface area contributed by atoms with Crippen molar-refractivity contribution in [2.75, 3.05) is 6.54 Å². The second-order valence-corrected chi connectivity index (χ2v) is 3.44. The fourth-order valence-electron chi connectivity index (χ4n) is 1.74. The standard InChI is InChI=1S/C9H13N3O/c1-8-3-2-5-12(8)9(13)11-6-4-10-7-11/h4,6-8H,2-3,5H2,1H3. The van der Waals surface area contributed by atoms with E-state index in [1.807, 2.05) is 4.90 Å². The van der Waals surface area contributed by atoms with Gasteiger partial charge in [-0.1, -0.05) is 0 Å². The van der Waals surface area contributed by atoms with Crippen LogP contribution in [0.5, 0.6) is 0 Å². The smallest absolute Gasteiger partial charge is 0.321 e. The molecule has 1 fully saturated rings. The third-order valence-corrected chi connectivity index (χ3v) is 2.52. The van der Waals surface area contributed by atoms with Crippen LogP contribution in [0, 0.1) is 0 Å². The second-order valence-electron chi connectivity index (χ2n) is 3.44. The molecule has 1 aliphatic rings. The Morgan fingerprint density at radius 1 is 1.62 bits per heavy atom. The van der Waals surface area contributed by atoms with Gasteiger partial charge in [0.05, 0.1) is 0 Å². The van der Waals surface area contributed by atoms with Gasteiger partial charge in [0.15, 0.2) is 0 Å². The van der Waals surface area contributed by atoms with Gasteiger partial charge >= 0.3 is 6.03 Å². The number of nitrogens with zero attached hydrogens (tertiary/aromatic N) is 3. The molecule has 2 heterocycles. The Bertz CT molecular complexity index is 294. The minimum absolute atomic E-state index is 0.0440. The molecule has 1 saturated heterocycles. The molecule has 1 aliphatic heterocycles. The lowest BCUT2D eigenvalue weighted by Gasteiger charge is -2.20. The molecule has 0 saturated carbocycles. The Kier molecular flexibility index (Phi) is 2.04. The average molecular weight is 179 g/mol. The molecule has 1 aromatic rings.